The highest BCUT2D eigenvalue weighted by Gasteiger charge is 2.18. The normalized spacial score (nSPS) is 13.8. The van der Waals surface area contributed by atoms with Crippen molar-refractivity contribution in [3.63, 3.8) is 0 Å². The molecule has 7 nitrogen and oxygen atoms in total. The fourth-order valence-corrected chi connectivity index (χ4v) is 4.47. The summed E-state index contributed by atoms with van der Waals surface area (Å²) in [5, 5.41) is 12.0. The zero-order valence-corrected chi connectivity index (χ0v) is 22.0. The summed E-state index contributed by atoms with van der Waals surface area (Å²) in [5.41, 5.74) is 8.82. The van der Waals surface area contributed by atoms with Crippen molar-refractivity contribution in [2.24, 2.45) is 10.4 Å². The third kappa shape index (κ3) is 4.77. The average Bonchev–Trinajstić information content (AvgIpc) is 3.45. The summed E-state index contributed by atoms with van der Waals surface area (Å²) in [6.45, 7) is 11.1. The van der Waals surface area contributed by atoms with Crippen LogP contribution in [-0.2, 0) is 0 Å². The molecule has 1 aliphatic rings. The summed E-state index contributed by atoms with van der Waals surface area (Å²) < 4.78 is 13.9. The molecule has 8 heteroatoms. The van der Waals surface area contributed by atoms with Gasteiger partial charge in [0.2, 0.25) is 0 Å². The van der Waals surface area contributed by atoms with Gasteiger partial charge in [-0.3, -0.25) is 15.1 Å². The van der Waals surface area contributed by atoms with Crippen molar-refractivity contribution in [1.82, 2.24) is 30.5 Å². The van der Waals surface area contributed by atoms with Crippen molar-refractivity contribution in [2.45, 2.75) is 20.8 Å². The number of pyridine rings is 2. The topological polar surface area (TPSA) is 94.6 Å². The number of benzene rings is 1. The van der Waals surface area contributed by atoms with Crippen LogP contribution in [0.2, 0.25) is 0 Å². The van der Waals surface area contributed by atoms with Gasteiger partial charge in [-0.1, -0.05) is 45.6 Å². The molecular weight excluding hydrogens is 489 g/mol. The number of halogens is 1. The average molecular weight is 518 g/mol. The summed E-state index contributed by atoms with van der Waals surface area (Å²) in [5.74, 6) is -0.301. The third-order valence-corrected chi connectivity index (χ3v) is 6.76. The lowest BCUT2D eigenvalue weighted by Gasteiger charge is -2.23. The van der Waals surface area contributed by atoms with Crippen LogP contribution in [0.1, 0.15) is 26.5 Å². The predicted molar refractivity (Wildman–Crippen MR) is 156 cm³/mol. The van der Waals surface area contributed by atoms with Crippen LogP contribution >= 0.6 is 0 Å². The lowest BCUT2D eigenvalue weighted by Crippen LogP contribution is -2.23. The van der Waals surface area contributed by atoms with Crippen LogP contribution < -0.4 is 5.32 Å². The number of hydrogen-bond donors (Lipinski definition) is 3. The molecule has 0 amide bonds. The number of allylic oxidation sites excluding steroid dienone is 4. The summed E-state index contributed by atoms with van der Waals surface area (Å²) in [4.78, 5) is 17.5. The Bertz CT molecular complexity index is 1830. The van der Waals surface area contributed by atoms with E-state index in [-0.39, 0.29) is 11.2 Å². The predicted octanol–water partition coefficient (Wildman–Crippen LogP) is 6.81. The van der Waals surface area contributed by atoms with E-state index in [0.29, 0.717) is 23.5 Å². The van der Waals surface area contributed by atoms with Gasteiger partial charge >= 0.3 is 0 Å². The largest absolute Gasteiger partial charge is 0.358 e. The van der Waals surface area contributed by atoms with E-state index in [1.807, 2.05) is 42.6 Å². The second kappa shape index (κ2) is 9.47. The molecule has 4 aromatic heterocycles. The van der Waals surface area contributed by atoms with Gasteiger partial charge in [0.05, 0.1) is 34.8 Å². The Labute approximate surface area is 225 Å². The number of rotatable bonds is 5. The number of aromatic amines is 2. The van der Waals surface area contributed by atoms with Crippen molar-refractivity contribution in [3.8, 4) is 22.6 Å². The molecule has 0 radical (unpaired) electrons. The zero-order chi connectivity index (χ0) is 27.1. The maximum absolute atomic E-state index is 13.9. The summed E-state index contributed by atoms with van der Waals surface area (Å²) >= 11 is 0. The van der Waals surface area contributed by atoms with Gasteiger partial charge in [-0.25, -0.2) is 9.37 Å². The van der Waals surface area contributed by atoms with Crippen molar-refractivity contribution in [2.75, 3.05) is 6.54 Å². The van der Waals surface area contributed by atoms with Crippen LogP contribution in [0.25, 0.3) is 50.2 Å². The zero-order valence-electron chi connectivity index (χ0n) is 22.0. The first-order valence-electron chi connectivity index (χ1n) is 12.7. The number of fused-ring (bicyclic) bond motifs is 2. The van der Waals surface area contributed by atoms with Gasteiger partial charge in [-0.2, -0.15) is 5.10 Å². The summed E-state index contributed by atoms with van der Waals surface area (Å²) in [7, 11) is 0. The molecule has 0 spiro atoms. The molecule has 0 fully saturated rings. The van der Waals surface area contributed by atoms with E-state index >= 15 is 0 Å². The number of nitrogens with zero attached hydrogens (tertiary/aromatic N) is 4. The number of aromatic nitrogens is 5. The minimum absolute atomic E-state index is 0.0860. The molecule has 0 saturated heterocycles. The number of H-pyrrole nitrogens is 2. The fourth-order valence-electron chi connectivity index (χ4n) is 4.47. The second-order valence-electron chi connectivity index (χ2n) is 10.6. The molecule has 6 rings (SSSR count). The Morgan fingerprint density at radius 1 is 1.05 bits per heavy atom. The third-order valence-electron chi connectivity index (χ3n) is 6.76. The molecule has 5 heterocycles. The highest BCUT2D eigenvalue weighted by atomic mass is 19.1. The van der Waals surface area contributed by atoms with Crippen molar-refractivity contribution in [1.29, 1.82) is 0 Å². The highest BCUT2D eigenvalue weighted by Crippen LogP contribution is 2.33. The van der Waals surface area contributed by atoms with Gasteiger partial charge in [-0.15, -0.1) is 0 Å². The van der Waals surface area contributed by atoms with Gasteiger partial charge in [0.1, 0.15) is 17.0 Å². The van der Waals surface area contributed by atoms with Crippen LogP contribution in [0.15, 0.2) is 89.8 Å². The maximum Gasteiger partial charge on any atom is 0.135 e. The van der Waals surface area contributed by atoms with E-state index < -0.39 is 0 Å². The Balaban J connectivity index is 1.39. The van der Waals surface area contributed by atoms with E-state index in [0.717, 1.165) is 50.3 Å². The minimum Gasteiger partial charge on any atom is -0.358 e. The molecule has 1 aliphatic heterocycles. The second-order valence-corrected chi connectivity index (χ2v) is 10.6. The van der Waals surface area contributed by atoms with Crippen molar-refractivity contribution < 1.29 is 4.39 Å². The number of aliphatic imine (C=N–C) groups is 1. The van der Waals surface area contributed by atoms with Crippen molar-refractivity contribution >= 4 is 33.7 Å². The Morgan fingerprint density at radius 2 is 1.92 bits per heavy atom. The van der Waals surface area contributed by atoms with Crippen LogP contribution in [0.3, 0.4) is 0 Å². The molecule has 3 N–H and O–H groups in total. The van der Waals surface area contributed by atoms with Crippen LogP contribution in [-0.4, -0.2) is 37.9 Å². The first-order chi connectivity index (χ1) is 18.8. The highest BCUT2D eigenvalue weighted by molar-refractivity contribution is 5.99. The number of nitrogens with one attached hydrogen (secondary N) is 3. The molecule has 0 atom stereocenters. The van der Waals surface area contributed by atoms with E-state index in [1.165, 1.54) is 12.1 Å². The summed E-state index contributed by atoms with van der Waals surface area (Å²) in [6.07, 6.45) is 7.64. The Morgan fingerprint density at radius 3 is 2.74 bits per heavy atom. The van der Waals surface area contributed by atoms with E-state index in [1.54, 1.807) is 12.3 Å². The minimum atomic E-state index is -0.301. The van der Waals surface area contributed by atoms with Crippen LogP contribution in [0.4, 0.5) is 4.39 Å². The van der Waals surface area contributed by atoms with E-state index in [2.05, 4.69) is 63.9 Å². The monoisotopic (exact) mass is 517 g/mol. The SMILES string of the molecule is C=C(NC1=CC(c2ccc3[nH]nc(-c4cc5c(-c6cccc(F)c6)nccc5[nH]4)c3n2)=CCN=C1)C(C)(C)C. The lowest BCUT2D eigenvalue weighted by molar-refractivity contribution is 0.479. The molecule has 1 aromatic carbocycles. The van der Waals surface area contributed by atoms with E-state index in [9.17, 15) is 4.39 Å². The smallest absolute Gasteiger partial charge is 0.135 e. The maximum atomic E-state index is 13.9. The lowest BCUT2D eigenvalue weighted by atomic mass is 9.92. The molecule has 5 aromatic rings. The summed E-state index contributed by atoms with van der Waals surface area (Å²) in [6, 6.07) is 14.3. The Hall–Kier alpha value is -4.85. The van der Waals surface area contributed by atoms with Crippen molar-refractivity contribution in [3.05, 3.63) is 96.4 Å². The molecule has 39 heavy (non-hydrogen) atoms. The van der Waals surface area contributed by atoms with Gasteiger partial charge in [0.25, 0.3) is 0 Å². The molecule has 0 bridgehead atoms. The number of hydrogen-bond acceptors (Lipinski definition) is 5. The Kier molecular flexibility index (Phi) is 5.95. The molecule has 0 unspecified atom stereocenters. The van der Waals surface area contributed by atoms with Gasteiger partial charge < -0.3 is 10.3 Å². The first kappa shape index (κ1) is 24.5. The molecule has 0 saturated carbocycles. The molecule has 194 valence electrons. The van der Waals surface area contributed by atoms with Crippen LogP contribution in [0.5, 0.6) is 0 Å². The molecular formula is C31H28FN7. The van der Waals surface area contributed by atoms with Gasteiger partial charge in [-0.05, 0) is 42.5 Å². The van der Waals surface area contributed by atoms with Gasteiger partial charge in [0, 0.05) is 45.6 Å². The fraction of sp³-hybridized carbons (Fsp3) is 0.161. The van der Waals surface area contributed by atoms with Crippen LogP contribution in [0, 0.1) is 11.2 Å². The standard InChI is InChI=1S/C31H28FN7/c1-18(31(2,3)4)35-22-15-19(10-12-33-17-22)24-8-9-26-29(37-24)30(39-38-26)27-16-23-25(36-27)11-13-34-28(23)20-6-5-7-21(32)14-20/h5-11,13-17,35-36H,1,12H2,2-4H3,(H,38,39). The van der Waals surface area contributed by atoms with E-state index in [4.69, 9.17) is 4.98 Å². The molecule has 0 aliphatic carbocycles. The quantitative estimate of drug-likeness (QED) is 0.239. The first-order valence-corrected chi connectivity index (χ1v) is 12.7. The van der Waals surface area contributed by atoms with Gasteiger partial charge in [0.15, 0.2) is 0 Å².